The molecule has 0 aliphatic carbocycles. The molecule has 2 nitrogen and oxygen atoms in total. The highest BCUT2D eigenvalue weighted by Crippen LogP contribution is 1.74. The summed E-state index contributed by atoms with van der Waals surface area (Å²) in [5.41, 5.74) is 0. The third kappa shape index (κ3) is 4.86. The predicted octanol–water partition coefficient (Wildman–Crippen LogP) is 1.41. The lowest BCUT2D eigenvalue weighted by atomic mass is 10.5. The Morgan fingerprint density at radius 2 is 2.25 bits per heavy atom. The predicted molar refractivity (Wildman–Crippen MR) is 32.1 cm³/mol. The van der Waals surface area contributed by atoms with Gasteiger partial charge in [0.2, 0.25) is 6.08 Å². The molecule has 0 unspecified atom stereocenters. The Labute approximate surface area is 48.2 Å². The molecule has 0 bridgehead atoms. The minimum atomic E-state index is 1.38. The zero-order valence-electron chi connectivity index (χ0n) is 4.66. The third-order valence-electron chi connectivity index (χ3n) is 0.517. The lowest BCUT2D eigenvalue weighted by molar-refractivity contribution is 0.565. The lowest BCUT2D eigenvalue weighted by Crippen LogP contribution is -1.47. The molecule has 0 aromatic rings. The first kappa shape index (κ1) is 6.86. The van der Waals surface area contributed by atoms with Crippen molar-refractivity contribution in [2.45, 2.75) is 6.92 Å². The normalized spacial score (nSPS) is 10.1. The molecule has 42 valence electrons. The Balaban J connectivity index is 3.50. The van der Waals surface area contributed by atoms with Gasteiger partial charge < -0.3 is 0 Å². The first-order valence-electron chi connectivity index (χ1n) is 2.26. The number of allylic oxidation sites excluding steroid dienone is 3. The summed E-state index contributed by atoms with van der Waals surface area (Å²) in [6.07, 6.45) is 8.04. The molecule has 8 heavy (non-hydrogen) atoms. The van der Waals surface area contributed by atoms with Gasteiger partial charge in [-0.15, -0.1) is 0 Å². The molecule has 0 aliphatic rings. The molecule has 0 radical (unpaired) electrons. The first-order valence-corrected chi connectivity index (χ1v) is 2.26. The van der Waals surface area contributed by atoms with Gasteiger partial charge in [0.1, 0.15) is 0 Å². The summed E-state index contributed by atoms with van der Waals surface area (Å²) in [5.74, 6) is 0. The molecule has 0 spiro atoms. The average molecular weight is 109 g/mol. The Bertz CT molecular complexity index is 141. The quantitative estimate of drug-likeness (QED) is 0.299. The van der Waals surface area contributed by atoms with Crippen LogP contribution in [0.2, 0.25) is 0 Å². The molecule has 0 saturated carbocycles. The van der Waals surface area contributed by atoms with Crippen LogP contribution in [0.1, 0.15) is 6.92 Å². The van der Waals surface area contributed by atoms with E-state index in [4.69, 9.17) is 0 Å². The molecule has 0 saturated heterocycles. The number of nitrogens with zero attached hydrogens (tertiary/aromatic N) is 1. The van der Waals surface area contributed by atoms with E-state index in [2.05, 4.69) is 4.99 Å². The van der Waals surface area contributed by atoms with Crippen molar-refractivity contribution in [2.24, 2.45) is 4.99 Å². The smallest absolute Gasteiger partial charge is 0.211 e. The van der Waals surface area contributed by atoms with Crippen LogP contribution >= 0.6 is 0 Å². The molecule has 0 rings (SSSR count). The number of isocyanates is 1. The average Bonchev–Trinajstić information content (AvgIpc) is 1.81. The van der Waals surface area contributed by atoms with E-state index >= 15 is 0 Å². The van der Waals surface area contributed by atoms with Gasteiger partial charge in [0.05, 0.1) is 0 Å². The standard InChI is InChI=1S/C6H7NO/c1-2-3-4-5-7-6-8/h2-5H,1H3. The molecule has 0 aromatic heterocycles. The third-order valence-corrected chi connectivity index (χ3v) is 0.517. The van der Waals surface area contributed by atoms with Gasteiger partial charge in [0, 0.05) is 6.20 Å². The molecule has 0 atom stereocenters. The Morgan fingerprint density at radius 3 is 2.75 bits per heavy atom. The van der Waals surface area contributed by atoms with E-state index in [1.54, 1.807) is 12.2 Å². The van der Waals surface area contributed by atoms with Gasteiger partial charge in [0.15, 0.2) is 0 Å². The van der Waals surface area contributed by atoms with Gasteiger partial charge in [0.25, 0.3) is 0 Å². The van der Waals surface area contributed by atoms with Crippen molar-refractivity contribution in [2.75, 3.05) is 0 Å². The van der Waals surface area contributed by atoms with Crippen molar-refractivity contribution in [1.82, 2.24) is 0 Å². The molecule has 0 fully saturated rings. The maximum absolute atomic E-state index is 9.40. The van der Waals surface area contributed by atoms with Crippen LogP contribution in [0.3, 0.4) is 0 Å². The maximum atomic E-state index is 9.40. The summed E-state index contributed by atoms with van der Waals surface area (Å²) in [5, 5.41) is 0. The molecule has 2 heteroatoms. The van der Waals surface area contributed by atoms with Gasteiger partial charge in [-0.2, -0.15) is 4.99 Å². The summed E-state index contributed by atoms with van der Waals surface area (Å²) in [6.45, 7) is 1.88. The van der Waals surface area contributed by atoms with Crippen LogP contribution in [0.25, 0.3) is 0 Å². The molecule has 0 heterocycles. The summed E-state index contributed by atoms with van der Waals surface area (Å²) in [7, 11) is 0. The fraction of sp³-hybridized carbons (Fsp3) is 0.167. The van der Waals surface area contributed by atoms with E-state index in [-0.39, 0.29) is 0 Å². The minimum Gasteiger partial charge on any atom is -0.211 e. The van der Waals surface area contributed by atoms with Gasteiger partial charge in [-0.25, -0.2) is 4.79 Å². The minimum absolute atomic E-state index is 1.38. The highest BCUT2D eigenvalue weighted by atomic mass is 16.1. The van der Waals surface area contributed by atoms with Gasteiger partial charge >= 0.3 is 0 Å². The molecule has 0 amide bonds. The van der Waals surface area contributed by atoms with Crippen LogP contribution < -0.4 is 0 Å². The zero-order valence-corrected chi connectivity index (χ0v) is 4.66. The van der Waals surface area contributed by atoms with E-state index in [0.717, 1.165) is 0 Å². The highest BCUT2D eigenvalue weighted by molar-refractivity contribution is 5.34. The number of carbonyl (C=O) groups excluding carboxylic acids is 1. The van der Waals surface area contributed by atoms with E-state index in [9.17, 15) is 4.79 Å². The fourth-order valence-corrected chi connectivity index (χ4v) is 0.234. The fourth-order valence-electron chi connectivity index (χ4n) is 0.234. The topological polar surface area (TPSA) is 29.4 Å². The largest absolute Gasteiger partial charge is 0.239 e. The van der Waals surface area contributed by atoms with E-state index in [1.165, 1.54) is 12.3 Å². The molecular weight excluding hydrogens is 102 g/mol. The number of hydrogen-bond acceptors (Lipinski definition) is 2. The van der Waals surface area contributed by atoms with Crippen molar-refractivity contribution >= 4 is 6.08 Å². The van der Waals surface area contributed by atoms with Crippen molar-refractivity contribution in [3.05, 3.63) is 24.4 Å². The first-order chi connectivity index (χ1) is 3.91. The van der Waals surface area contributed by atoms with Crippen LogP contribution in [0.15, 0.2) is 29.4 Å². The Morgan fingerprint density at radius 1 is 1.50 bits per heavy atom. The highest BCUT2D eigenvalue weighted by Gasteiger charge is 1.56. The van der Waals surface area contributed by atoms with E-state index in [1.807, 2.05) is 13.0 Å². The SMILES string of the molecule is CC=CC=CN=C=O. The summed E-state index contributed by atoms with van der Waals surface area (Å²) >= 11 is 0. The zero-order chi connectivity index (χ0) is 6.24. The van der Waals surface area contributed by atoms with E-state index in [0.29, 0.717) is 0 Å². The second-order valence-corrected chi connectivity index (χ2v) is 1.09. The number of aliphatic imine (C=N–C) groups is 1. The Hall–Kier alpha value is -1.14. The number of hydrogen-bond donors (Lipinski definition) is 0. The van der Waals surface area contributed by atoms with Crippen LogP contribution in [-0.4, -0.2) is 6.08 Å². The molecular formula is C6H7NO. The molecule has 0 aromatic carbocycles. The Kier molecular flexibility index (Phi) is 5.02. The lowest BCUT2D eigenvalue weighted by Gasteiger charge is -1.64. The summed E-state index contributed by atoms with van der Waals surface area (Å²) in [6, 6.07) is 0. The van der Waals surface area contributed by atoms with Crippen LogP contribution in [-0.2, 0) is 4.79 Å². The monoisotopic (exact) mass is 109 g/mol. The van der Waals surface area contributed by atoms with Crippen LogP contribution in [0, 0.1) is 0 Å². The maximum Gasteiger partial charge on any atom is 0.239 e. The van der Waals surface area contributed by atoms with Crippen molar-refractivity contribution in [3.8, 4) is 0 Å². The molecule has 0 N–H and O–H groups in total. The summed E-state index contributed by atoms with van der Waals surface area (Å²) in [4.78, 5) is 12.6. The van der Waals surface area contributed by atoms with Gasteiger partial charge in [-0.3, -0.25) is 0 Å². The van der Waals surface area contributed by atoms with Crippen LogP contribution in [0.5, 0.6) is 0 Å². The van der Waals surface area contributed by atoms with Crippen LogP contribution in [0.4, 0.5) is 0 Å². The van der Waals surface area contributed by atoms with Gasteiger partial charge in [-0.1, -0.05) is 12.2 Å². The van der Waals surface area contributed by atoms with Crippen molar-refractivity contribution < 1.29 is 4.79 Å². The van der Waals surface area contributed by atoms with Crippen molar-refractivity contribution in [3.63, 3.8) is 0 Å². The van der Waals surface area contributed by atoms with E-state index < -0.39 is 0 Å². The summed E-state index contributed by atoms with van der Waals surface area (Å²) < 4.78 is 0. The second kappa shape index (κ2) is 5.86. The molecule has 0 aliphatic heterocycles. The van der Waals surface area contributed by atoms with Gasteiger partial charge in [-0.05, 0) is 13.0 Å². The van der Waals surface area contributed by atoms with Crippen molar-refractivity contribution in [1.29, 1.82) is 0 Å². The second-order valence-electron chi connectivity index (χ2n) is 1.09. The number of rotatable bonds is 2.